The fourth-order valence-electron chi connectivity index (χ4n) is 2.16. The van der Waals surface area contributed by atoms with Crippen LogP contribution in [-0.4, -0.2) is 24.9 Å². The molecule has 0 atom stereocenters. The van der Waals surface area contributed by atoms with Gasteiger partial charge in [0.1, 0.15) is 0 Å². The first-order chi connectivity index (χ1) is 9.60. The highest BCUT2D eigenvalue weighted by molar-refractivity contribution is 5.94. The second-order valence-corrected chi connectivity index (χ2v) is 4.98. The lowest BCUT2D eigenvalue weighted by atomic mass is 10.1. The first-order valence-corrected chi connectivity index (χ1v) is 6.69. The molecule has 2 aromatic carbocycles. The largest absolute Gasteiger partial charge is 0.388 e. The van der Waals surface area contributed by atoms with E-state index in [1.807, 2.05) is 50.5 Å². The zero-order chi connectivity index (χ0) is 14.5. The Hall–Kier alpha value is -2.29. The molecule has 1 N–H and O–H groups in total. The van der Waals surface area contributed by atoms with Crippen molar-refractivity contribution in [2.45, 2.75) is 13.5 Å². The van der Waals surface area contributed by atoms with Gasteiger partial charge in [0.2, 0.25) is 0 Å². The summed E-state index contributed by atoms with van der Waals surface area (Å²) in [5.41, 5.74) is 4.07. The minimum atomic E-state index is 0.0363. The number of nitrogens with one attached hydrogen (secondary N) is 1. The number of hydrogen-bond acceptors (Lipinski definition) is 2. The van der Waals surface area contributed by atoms with Crippen LogP contribution >= 0.6 is 0 Å². The maximum atomic E-state index is 12.3. The van der Waals surface area contributed by atoms with Crippen molar-refractivity contribution in [2.24, 2.45) is 0 Å². The summed E-state index contributed by atoms with van der Waals surface area (Å²) in [6, 6.07) is 15.7. The number of hydrogen-bond donors (Lipinski definition) is 1. The molecule has 2 rings (SSSR count). The number of nitrogens with zero attached hydrogens (tertiary/aromatic N) is 1. The summed E-state index contributed by atoms with van der Waals surface area (Å²) in [5.74, 6) is 0.0363. The van der Waals surface area contributed by atoms with E-state index in [0.29, 0.717) is 12.1 Å². The standard InChI is InChI=1S/C17H20N2O/c1-13-5-4-6-14(11-13)12-19(3)17(20)15-7-9-16(18-2)10-8-15/h4-11,18H,12H2,1-3H3. The fourth-order valence-corrected chi connectivity index (χ4v) is 2.16. The molecule has 0 radical (unpaired) electrons. The average Bonchev–Trinajstić information content (AvgIpc) is 2.46. The van der Waals surface area contributed by atoms with Crippen LogP contribution in [0.5, 0.6) is 0 Å². The minimum Gasteiger partial charge on any atom is -0.388 e. The van der Waals surface area contributed by atoms with Crippen LogP contribution in [0.1, 0.15) is 21.5 Å². The van der Waals surface area contributed by atoms with Gasteiger partial charge in [-0.1, -0.05) is 29.8 Å². The second-order valence-electron chi connectivity index (χ2n) is 4.98. The lowest BCUT2D eigenvalue weighted by molar-refractivity contribution is 0.0785. The van der Waals surface area contributed by atoms with Gasteiger partial charge in [0.25, 0.3) is 5.91 Å². The Labute approximate surface area is 120 Å². The van der Waals surface area contributed by atoms with Crippen LogP contribution in [0.25, 0.3) is 0 Å². The number of carbonyl (C=O) groups is 1. The van der Waals surface area contributed by atoms with Gasteiger partial charge in [-0.05, 0) is 36.8 Å². The third-order valence-electron chi connectivity index (χ3n) is 3.27. The molecule has 0 aliphatic heterocycles. The van der Waals surface area contributed by atoms with E-state index >= 15 is 0 Å². The molecule has 0 heterocycles. The number of aryl methyl sites for hydroxylation is 1. The smallest absolute Gasteiger partial charge is 0.253 e. The molecule has 0 fully saturated rings. The third kappa shape index (κ3) is 3.38. The summed E-state index contributed by atoms with van der Waals surface area (Å²) in [4.78, 5) is 14.1. The summed E-state index contributed by atoms with van der Waals surface area (Å²) in [6.07, 6.45) is 0. The van der Waals surface area contributed by atoms with Crippen molar-refractivity contribution in [3.05, 3.63) is 65.2 Å². The van der Waals surface area contributed by atoms with Crippen LogP contribution in [-0.2, 0) is 6.54 Å². The van der Waals surface area contributed by atoms with E-state index in [1.54, 1.807) is 4.90 Å². The highest BCUT2D eigenvalue weighted by Crippen LogP contribution is 2.12. The molecule has 2 aromatic rings. The molecular formula is C17H20N2O. The molecule has 104 valence electrons. The summed E-state index contributed by atoms with van der Waals surface area (Å²) >= 11 is 0. The number of amides is 1. The van der Waals surface area contributed by atoms with E-state index in [2.05, 4.69) is 24.4 Å². The summed E-state index contributed by atoms with van der Waals surface area (Å²) < 4.78 is 0. The van der Waals surface area contributed by atoms with Crippen molar-refractivity contribution in [3.63, 3.8) is 0 Å². The summed E-state index contributed by atoms with van der Waals surface area (Å²) in [6.45, 7) is 2.68. The molecule has 0 saturated carbocycles. The Balaban J connectivity index is 2.07. The molecule has 0 spiro atoms. The van der Waals surface area contributed by atoms with Crippen molar-refractivity contribution >= 4 is 11.6 Å². The SMILES string of the molecule is CNc1ccc(C(=O)N(C)Cc2cccc(C)c2)cc1. The lowest BCUT2D eigenvalue weighted by Gasteiger charge is -2.18. The third-order valence-corrected chi connectivity index (χ3v) is 3.27. The molecule has 0 aliphatic rings. The van der Waals surface area contributed by atoms with Gasteiger partial charge in [0, 0.05) is 31.9 Å². The molecular weight excluding hydrogens is 248 g/mol. The molecule has 0 bridgehead atoms. The van der Waals surface area contributed by atoms with Crippen LogP contribution in [0.3, 0.4) is 0 Å². The van der Waals surface area contributed by atoms with E-state index in [0.717, 1.165) is 11.3 Å². The molecule has 0 aromatic heterocycles. The van der Waals surface area contributed by atoms with Gasteiger partial charge in [-0.2, -0.15) is 0 Å². The van der Waals surface area contributed by atoms with Gasteiger partial charge in [-0.3, -0.25) is 4.79 Å². The van der Waals surface area contributed by atoms with Gasteiger partial charge in [-0.15, -0.1) is 0 Å². The molecule has 0 unspecified atom stereocenters. The second kappa shape index (κ2) is 6.24. The highest BCUT2D eigenvalue weighted by atomic mass is 16.2. The summed E-state index contributed by atoms with van der Waals surface area (Å²) in [5, 5.41) is 3.04. The van der Waals surface area contributed by atoms with E-state index < -0.39 is 0 Å². The van der Waals surface area contributed by atoms with E-state index in [1.165, 1.54) is 5.56 Å². The molecule has 3 nitrogen and oxygen atoms in total. The zero-order valence-electron chi connectivity index (χ0n) is 12.2. The highest BCUT2D eigenvalue weighted by Gasteiger charge is 2.11. The van der Waals surface area contributed by atoms with E-state index in [4.69, 9.17) is 0 Å². The molecule has 3 heteroatoms. The zero-order valence-corrected chi connectivity index (χ0v) is 12.2. The van der Waals surface area contributed by atoms with Crippen molar-refractivity contribution < 1.29 is 4.79 Å². The normalized spacial score (nSPS) is 10.2. The van der Waals surface area contributed by atoms with Crippen LogP contribution in [0.4, 0.5) is 5.69 Å². The maximum absolute atomic E-state index is 12.3. The Morgan fingerprint density at radius 3 is 2.45 bits per heavy atom. The summed E-state index contributed by atoms with van der Waals surface area (Å²) in [7, 11) is 3.69. The predicted molar refractivity (Wildman–Crippen MR) is 83.0 cm³/mol. The Morgan fingerprint density at radius 2 is 1.85 bits per heavy atom. The van der Waals surface area contributed by atoms with Crippen LogP contribution < -0.4 is 5.32 Å². The van der Waals surface area contributed by atoms with Crippen LogP contribution in [0.15, 0.2) is 48.5 Å². The van der Waals surface area contributed by atoms with Gasteiger partial charge in [0.05, 0.1) is 0 Å². The number of carbonyl (C=O) groups excluding carboxylic acids is 1. The molecule has 0 saturated heterocycles. The van der Waals surface area contributed by atoms with Crippen molar-refractivity contribution in [2.75, 3.05) is 19.4 Å². The van der Waals surface area contributed by atoms with E-state index in [9.17, 15) is 4.79 Å². The number of benzene rings is 2. The van der Waals surface area contributed by atoms with Gasteiger partial charge in [0.15, 0.2) is 0 Å². The Kier molecular flexibility index (Phi) is 4.41. The van der Waals surface area contributed by atoms with Gasteiger partial charge >= 0.3 is 0 Å². The quantitative estimate of drug-likeness (QED) is 0.922. The van der Waals surface area contributed by atoms with Crippen molar-refractivity contribution in [3.8, 4) is 0 Å². The first kappa shape index (κ1) is 14.1. The minimum absolute atomic E-state index is 0.0363. The molecule has 0 aliphatic carbocycles. The topological polar surface area (TPSA) is 32.3 Å². The lowest BCUT2D eigenvalue weighted by Crippen LogP contribution is -2.26. The maximum Gasteiger partial charge on any atom is 0.253 e. The Morgan fingerprint density at radius 1 is 1.15 bits per heavy atom. The average molecular weight is 268 g/mol. The Bertz CT molecular complexity index is 590. The first-order valence-electron chi connectivity index (χ1n) is 6.69. The molecule has 1 amide bonds. The number of rotatable bonds is 4. The van der Waals surface area contributed by atoms with Gasteiger partial charge < -0.3 is 10.2 Å². The van der Waals surface area contributed by atoms with Crippen molar-refractivity contribution in [1.29, 1.82) is 0 Å². The van der Waals surface area contributed by atoms with Gasteiger partial charge in [-0.25, -0.2) is 0 Å². The fraction of sp³-hybridized carbons (Fsp3) is 0.235. The predicted octanol–water partition coefficient (Wildman–Crippen LogP) is 3.31. The number of anilines is 1. The monoisotopic (exact) mass is 268 g/mol. The van der Waals surface area contributed by atoms with Crippen LogP contribution in [0.2, 0.25) is 0 Å². The van der Waals surface area contributed by atoms with E-state index in [-0.39, 0.29) is 5.91 Å². The van der Waals surface area contributed by atoms with Crippen LogP contribution in [0, 0.1) is 6.92 Å². The van der Waals surface area contributed by atoms with Crippen molar-refractivity contribution in [1.82, 2.24) is 4.90 Å². The molecule has 20 heavy (non-hydrogen) atoms.